The average Bonchev–Trinajstić information content (AvgIpc) is 2.35. The van der Waals surface area contributed by atoms with Crippen LogP contribution in [-0.4, -0.2) is 28.8 Å². The van der Waals surface area contributed by atoms with Crippen LogP contribution in [-0.2, 0) is 0 Å². The van der Waals surface area contributed by atoms with Crippen molar-refractivity contribution in [2.75, 3.05) is 6.61 Å². The molecule has 1 aromatic carbocycles. The Balaban J connectivity index is 2.96. The van der Waals surface area contributed by atoms with E-state index in [1.54, 1.807) is 0 Å². The zero-order valence-electron chi connectivity index (χ0n) is 10.3. The molecule has 0 radical (unpaired) electrons. The van der Waals surface area contributed by atoms with Gasteiger partial charge >= 0.3 is 11.9 Å². The van der Waals surface area contributed by atoms with Crippen molar-refractivity contribution in [2.24, 2.45) is 5.92 Å². The number of rotatable bonds is 6. The third kappa shape index (κ3) is 3.76. The summed E-state index contributed by atoms with van der Waals surface area (Å²) in [5.41, 5.74) is -0.178. The van der Waals surface area contributed by atoms with E-state index in [1.807, 2.05) is 13.8 Å². The fourth-order valence-corrected chi connectivity index (χ4v) is 1.29. The molecule has 0 amide bonds. The summed E-state index contributed by atoms with van der Waals surface area (Å²) >= 11 is 0. The maximum Gasteiger partial charge on any atom is 0.335 e. The first-order valence-electron chi connectivity index (χ1n) is 5.68. The fourth-order valence-electron chi connectivity index (χ4n) is 1.29. The molecule has 5 heteroatoms. The molecule has 18 heavy (non-hydrogen) atoms. The molecule has 0 aliphatic rings. The standard InChI is InChI=1S/C13H16O5/c1-3-8(2)7-18-11-5-9(12(14)15)4-10(6-11)13(16)17/h4-6,8H,3,7H2,1-2H3,(H,14,15)(H,16,17). The van der Waals surface area contributed by atoms with Gasteiger partial charge in [0.2, 0.25) is 0 Å². The normalized spacial score (nSPS) is 11.9. The zero-order chi connectivity index (χ0) is 13.7. The molecule has 0 aromatic heterocycles. The number of carboxylic acids is 2. The maximum absolute atomic E-state index is 10.9. The minimum absolute atomic E-state index is 0.0888. The number of hydrogen-bond acceptors (Lipinski definition) is 3. The summed E-state index contributed by atoms with van der Waals surface area (Å²) in [6.07, 6.45) is 0.935. The van der Waals surface area contributed by atoms with Gasteiger partial charge in [-0.2, -0.15) is 0 Å². The Kier molecular flexibility index (Phi) is 4.71. The lowest BCUT2D eigenvalue weighted by molar-refractivity contribution is 0.0696. The van der Waals surface area contributed by atoms with Crippen LogP contribution in [0.25, 0.3) is 0 Å². The highest BCUT2D eigenvalue weighted by Crippen LogP contribution is 2.19. The van der Waals surface area contributed by atoms with E-state index < -0.39 is 11.9 Å². The van der Waals surface area contributed by atoms with Crippen molar-refractivity contribution < 1.29 is 24.5 Å². The smallest absolute Gasteiger partial charge is 0.335 e. The molecule has 0 saturated heterocycles. The molecule has 0 bridgehead atoms. The van der Waals surface area contributed by atoms with Crippen LogP contribution < -0.4 is 4.74 Å². The van der Waals surface area contributed by atoms with Gasteiger partial charge < -0.3 is 14.9 Å². The number of benzene rings is 1. The molecule has 1 atom stereocenters. The van der Waals surface area contributed by atoms with E-state index in [2.05, 4.69) is 0 Å². The summed E-state index contributed by atoms with van der Waals surface area (Å²) in [4.78, 5) is 21.7. The molecule has 0 spiro atoms. The van der Waals surface area contributed by atoms with Crippen molar-refractivity contribution in [3.63, 3.8) is 0 Å². The summed E-state index contributed by atoms with van der Waals surface area (Å²) in [7, 11) is 0. The van der Waals surface area contributed by atoms with Gasteiger partial charge in [-0.05, 0) is 24.1 Å². The van der Waals surface area contributed by atoms with Crippen molar-refractivity contribution in [3.05, 3.63) is 29.3 Å². The van der Waals surface area contributed by atoms with Gasteiger partial charge in [0.15, 0.2) is 0 Å². The van der Waals surface area contributed by atoms with Gasteiger partial charge in [-0.1, -0.05) is 20.3 Å². The highest BCUT2D eigenvalue weighted by Gasteiger charge is 2.12. The van der Waals surface area contributed by atoms with E-state index in [9.17, 15) is 9.59 Å². The quantitative estimate of drug-likeness (QED) is 0.812. The molecule has 2 N–H and O–H groups in total. The lowest BCUT2D eigenvalue weighted by Crippen LogP contribution is -2.09. The van der Waals surface area contributed by atoms with Crippen molar-refractivity contribution in [2.45, 2.75) is 20.3 Å². The molecule has 0 saturated carbocycles. The monoisotopic (exact) mass is 252 g/mol. The van der Waals surface area contributed by atoms with Gasteiger partial charge in [0, 0.05) is 0 Å². The van der Waals surface area contributed by atoms with E-state index >= 15 is 0 Å². The van der Waals surface area contributed by atoms with Crippen LogP contribution in [0.15, 0.2) is 18.2 Å². The minimum Gasteiger partial charge on any atom is -0.493 e. The first-order valence-corrected chi connectivity index (χ1v) is 5.68. The highest BCUT2D eigenvalue weighted by molar-refractivity contribution is 5.94. The van der Waals surface area contributed by atoms with Crippen LogP contribution in [0.2, 0.25) is 0 Å². The Bertz CT molecular complexity index is 420. The second-order valence-corrected chi connectivity index (χ2v) is 4.18. The van der Waals surface area contributed by atoms with Crippen molar-refractivity contribution in [1.29, 1.82) is 0 Å². The van der Waals surface area contributed by atoms with Gasteiger partial charge in [-0.15, -0.1) is 0 Å². The molecule has 0 aliphatic heterocycles. The molecular formula is C13H16O5. The largest absolute Gasteiger partial charge is 0.493 e. The van der Waals surface area contributed by atoms with E-state index in [0.717, 1.165) is 12.5 Å². The van der Waals surface area contributed by atoms with Crippen LogP contribution in [0.4, 0.5) is 0 Å². The van der Waals surface area contributed by atoms with Gasteiger partial charge in [-0.25, -0.2) is 9.59 Å². The Hall–Kier alpha value is -2.04. The molecule has 0 aliphatic carbocycles. The van der Waals surface area contributed by atoms with Crippen molar-refractivity contribution in [1.82, 2.24) is 0 Å². The number of carbonyl (C=O) groups is 2. The molecular weight excluding hydrogens is 236 g/mol. The summed E-state index contributed by atoms with van der Waals surface area (Å²) in [6, 6.07) is 3.77. The van der Waals surface area contributed by atoms with E-state index in [4.69, 9.17) is 14.9 Å². The summed E-state index contributed by atoms with van der Waals surface area (Å²) in [5.74, 6) is -1.75. The third-order valence-electron chi connectivity index (χ3n) is 2.63. The van der Waals surface area contributed by atoms with Crippen LogP contribution >= 0.6 is 0 Å². The van der Waals surface area contributed by atoms with Crippen molar-refractivity contribution >= 4 is 11.9 Å². The number of ether oxygens (including phenoxy) is 1. The van der Waals surface area contributed by atoms with E-state index in [0.29, 0.717) is 12.5 Å². The third-order valence-corrected chi connectivity index (χ3v) is 2.63. The SMILES string of the molecule is CCC(C)COc1cc(C(=O)O)cc(C(=O)O)c1. The van der Waals surface area contributed by atoms with Gasteiger partial charge in [0.1, 0.15) is 5.75 Å². The Morgan fingerprint density at radius 2 is 1.67 bits per heavy atom. The molecule has 5 nitrogen and oxygen atoms in total. The molecule has 1 unspecified atom stereocenters. The number of carboxylic acid groups (broad SMARTS) is 2. The first kappa shape index (κ1) is 14.0. The second kappa shape index (κ2) is 6.05. The predicted molar refractivity (Wildman–Crippen MR) is 65.3 cm³/mol. The fraction of sp³-hybridized carbons (Fsp3) is 0.385. The highest BCUT2D eigenvalue weighted by atomic mass is 16.5. The van der Waals surface area contributed by atoms with Gasteiger partial charge in [-0.3, -0.25) is 0 Å². The van der Waals surface area contributed by atoms with E-state index in [1.165, 1.54) is 12.1 Å². The topological polar surface area (TPSA) is 83.8 Å². The number of hydrogen-bond donors (Lipinski definition) is 2. The predicted octanol–water partition coefficient (Wildman–Crippen LogP) is 2.51. The lowest BCUT2D eigenvalue weighted by atomic mass is 10.1. The molecule has 0 heterocycles. The van der Waals surface area contributed by atoms with Crippen LogP contribution in [0.3, 0.4) is 0 Å². The Labute approximate surface area is 105 Å². The Morgan fingerprint density at radius 3 is 2.06 bits per heavy atom. The molecule has 0 fully saturated rings. The molecule has 1 rings (SSSR count). The molecule has 1 aromatic rings. The molecule has 98 valence electrons. The van der Waals surface area contributed by atoms with Crippen LogP contribution in [0.1, 0.15) is 41.0 Å². The lowest BCUT2D eigenvalue weighted by Gasteiger charge is -2.12. The van der Waals surface area contributed by atoms with Crippen LogP contribution in [0.5, 0.6) is 5.75 Å². The van der Waals surface area contributed by atoms with Crippen molar-refractivity contribution in [3.8, 4) is 5.75 Å². The van der Waals surface area contributed by atoms with E-state index in [-0.39, 0.29) is 16.9 Å². The van der Waals surface area contributed by atoms with Crippen LogP contribution in [0, 0.1) is 5.92 Å². The Morgan fingerprint density at radius 1 is 1.17 bits per heavy atom. The number of aromatic carboxylic acids is 2. The first-order chi connectivity index (χ1) is 8.43. The van der Waals surface area contributed by atoms with Gasteiger partial charge in [0.25, 0.3) is 0 Å². The summed E-state index contributed by atoms with van der Waals surface area (Å²) in [5, 5.41) is 17.8. The maximum atomic E-state index is 10.9. The minimum atomic E-state index is -1.17. The van der Waals surface area contributed by atoms with Gasteiger partial charge in [0.05, 0.1) is 17.7 Å². The average molecular weight is 252 g/mol. The summed E-state index contributed by atoms with van der Waals surface area (Å²) < 4.78 is 5.41. The second-order valence-electron chi connectivity index (χ2n) is 4.18. The zero-order valence-corrected chi connectivity index (χ0v) is 10.3. The summed E-state index contributed by atoms with van der Waals surface area (Å²) in [6.45, 7) is 4.45.